The van der Waals surface area contributed by atoms with E-state index in [0.717, 1.165) is 18.4 Å². The molecule has 106 valence electrons. The monoisotopic (exact) mass is 299 g/mol. The van der Waals surface area contributed by atoms with E-state index in [1.54, 1.807) is 11.8 Å². The van der Waals surface area contributed by atoms with Crippen molar-refractivity contribution in [1.82, 2.24) is 4.72 Å². The number of hydrogen-bond acceptors (Lipinski definition) is 3. The van der Waals surface area contributed by atoms with Gasteiger partial charge >= 0.3 is 0 Å². The second kappa shape index (κ2) is 6.29. The minimum Gasteiger partial charge on any atom is -0.213 e. The van der Waals surface area contributed by atoms with Crippen molar-refractivity contribution >= 4 is 21.8 Å². The standard InChI is InChI=1S/C14H21NO2S2/c1-18-13-9-7-12(8-10-13)14(15-19(2,16)17)11-5-3-4-6-11/h7-11,14-15H,3-6H2,1-2H3. The molecule has 3 nitrogen and oxygen atoms in total. The van der Waals surface area contributed by atoms with Crippen molar-refractivity contribution < 1.29 is 8.42 Å². The highest BCUT2D eigenvalue weighted by molar-refractivity contribution is 7.98. The molecule has 5 heteroatoms. The largest absolute Gasteiger partial charge is 0.213 e. The van der Waals surface area contributed by atoms with Gasteiger partial charge in [0.1, 0.15) is 0 Å². The number of thioether (sulfide) groups is 1. The molecule has 0 spiro atoms. The molecule has 1 aliphatic rings. The molecule has 0 aliphatic heterocycles. The molecule has 1 aliphatic carbocycles. The molecule has 0 radical (unpaired) electrons. The maximum atomic E-state index is 11.6. The van der Waals surface area contributed by atoms with Gasteiger partial charge in [0.05, 0.1) is 6.26 Å². The number of rotatable bonds is 5. The predicted molar refractivity (Wildman–Crippen MR) is 80.9 cm³/mol. The molecule has 1 aromatic rings. The SMILES string of the molecule is CSc1ccc(C(NS(C)(=O)=O)C2CCCC2)cc1. The second-order valence-electron chi connectivity index (χ2n) is 5.19. The lowest BCUT2D eigenvalue weighted by Crippen LogP contribution is -2.31. The van der Waals surface area contributed by atoms with Gasteiger partial charge in [-0.3, -0.25) is 0 Å². The third kappa shape index (κ3) is 4.23. The van der Waals surface area contributed by atoms with E-state index in [1.807, 2.05) is 18.4 Å². The summed E-state index contributed by atoms with van der Waals surface area (Å²) in [6, 6.07) is 8.14. The molecule has 1 aromatic carbocycles. The topological polar surface area (TPSA) is 46.2 Å². The molecule has 19 heavy (non-hydrogen) atoms. The second-order valence-corrected chi connectivity index (χ2v) is 7.85. The lowest BCUT2D eigenvalue weighted by atomic mass is 9.92. The Kier molecular flexibility index (Phi) is 4.92. The van der Waals surface area contributed by atoms with Crippen LogP contribution >= 0.6 is 11.8 Å². The molecule has 1 atom stereocenters. The van der Waals surface area contributed by atoms with Crippen LogP contribution in [0.1, 0.15) is 37.3 Å². The average molecular weight is 299 g/mol. The van der Waals surface area contributed by atoms with Crippen molar-refractivity contribution in [2.24, 2.45) is 5.92 Å². The number of benzene rings is 1. The quantitative estimate of drug-likeness (QED) is 0.849. The van der Waals surface area contributed by atoms with Crippen LogP contribution in [-0.4, -0.2) is 20.9 Å². The zero-order valence-corrected chi connectivity index (χ0v) is 13.1. The Morgan fingerprint density at radius 2 is 1.79 bits per heavy atom. The van der Waals surface area contributed by atoms with E-state index in [0.29, 0.717) is 5.92 Å². The van der Waals surface area contributed by atoms with Gasteiger partial charge in [-0.25, -0.2) is 13.1 Å². The van der Waals surface area contributed by atoms with Crippen LogP contribution in [0.15, 0.2) is 29.2 Å². The first kappa shape index (κ1) is 14.9. The summed E-state index contributed by atoms with van der Waals surface area (Å²) in [4.78, 5) is 1.20. The summed E-state index contributed by atoms with van der Waals surface area (Å²) in [5.41, 5.74) is 1.08. The number of sulfonamides is 1. The predicted octanol–water partition coefficient (Wildman–Crippen LogP) is 3.19. The van der Waals surface area contributed by atoms with E-state index in [2.05, 4.69) is 16.9 Å². The molecule has 1 unspecified atom stereocenters. The van der Waals surface area contributed by atoms with Crippen molar-refractivity contribution in [3.63, 3.8) is 0 Å². The van der Waals surface area contributed by atoms with Crippen LogP contribution < -0.4 is 4.72 Å². The molecule has 0 saturated heterocycles. The Bertz CT molecular complexity index is 505. The van der Waals surface area contributed by atoms with Gasteiger partial charge in [0.2, 0.25) is 10.0 Å². The number of hydrogen-bond donors (Lipinski definition) is 1. The summed E-state index contributed by atoms with van der Waals surface area (Å²) in [5.74, 6) is 0.426. The summed E-state index contributed by atoms with van der Waals surface area (Å²) in [5, 5.41) is 0. The third-order valence-corrected chi connectivity index (χ3v) is 5.11. The molecule has 1 N–H and O–H groups in total. The summed E-state index contributed by atoms with van der Waals surface area (Å²) >= 11 is 1.70. The molecule has 0 amide bonds. The van der Waals surface area contributed by atoms with Crippen molar-refractivity contribution in [2.45, 2.75) is 36.6 Å². The van der Waals surface area contributed by atoms with E-state index < -0.39 is 10.0 Å². The fraction of sp³-hybridized carbons (Fsp3) is 0.571. The highest BCUT2D eigenvalue weighted by atomic mass is 32.2. The highest BCUT2D eigenvalue weighted by Gasteiger charge is 2.28. The average Bonchev–Trinajstić information content (AvgIpc) is 2.89. The fourth-order valence-electron chi connectivity index (χ4n) is 2.77. The minimum atomic E-state index is -3.18. The van der Waals surface area contributed by atoms with Crippen LogP contribution in [0.25, 0.3) is 0 Å². The van der Waals surface area contributed by atoms with Crippen LogP contribution in [0, 0.1) is 5.92 Å². The first-order valence-electron chi connectivity index (χ1n) is 6.61. The van der Waals surface area contributed by atoms with Crippen molar-refractivity contribution in [2.75, 3.05) is 12.5 Å². The summed E-state index contributed by atoms with van der Waals surface area (Å²) in [7, 11) is -3.18. The lowest BCUT2D eigenvalue weighted by molar-refractivity contribution is 0.411. The Labute approximate surface area is 120 Å². The Morgan fingerprint density at radius 3 is 2.26 bits per heavy atom. The Balaban J connectivity index is 2.24. The van der Waals surface area contributed by atoms with E-state index in [9.17, 15) is 8.42 Å². The highest BCUT2D eigenvalue weighted by Crippen LogP contribution is 2.36. The van der Waals surface area contributed by atoms with Crippen LogP contribution in [0.4, 0.5) is 0 Å². The molecule has 0 aromatic heterocycles. The Hall–Kier alpha value is -0.520. The van der Waals surface area contributed by atoms with E-state index >= 15 is 0 Å². The van der Waals surface area contributed by atoms with Crippen LogP contribution in [0.5, 0.6) is 0 Å². The molecular formula is C14H21NO2S2. The van der Waals surface area contributed by atoms with Gasteiger partial charge in [0, 0.05) is 10.9 Å². The van der Waals surface area contributed by atoms with Gasteiger partial charge in [-0.2, -0.15) is 0 Å². The molecule has 2 rings (SSSR count). The van der Waals surface area contributed by atoms with Crippen LogP contribution in [-0.2, 0) is 10.0 Å². The normalized spacial score (nSPS) is 18.6. The maximum Gasteiger partial charge on any atom is 0.209 e. The first-order valence-corrected chi connectivity index (χ1v) is 9.72. The van der Waals surface area contributed by atoms with Gasteiger partial charge in [-0.05, 0) is 42.7 Å². The van der Waals surface area contributed by atoms with Gasteiger partial charge in [-0.15, -0.1) is 11.8 Å². The number of nitrogens with one attached hydrogen (secondary N) is 1. The zero-order valence-electron chi connectivity index (χ0n) is 11.4. The smallest absolute Gasteiger partial charge is 0.209 e. The zero-order chi connectivity index (χ0) is 13.9. The van der Waals surface area contributed by atoms with Gasteiger partial charge in [0.25, 0.3) is 0 Å². The van der Waals surface area contributed by atoms with Crippen molar-refractivity contribution in [3.05, 3.63) is 29.8 Å². The Morgan fingerprint density at radius 1 is 1.21 bits per heavy atom. The molecule has 1 saturated carbocycles. The minimum absolute atomic E-state index is 0.0755. The van der Waals surface area contributed by atoms with Crippen molar-refractivity contribution in [3.8, 4) is 0 Å². The molecule has 0 heterocycles. The lowest BCUT2D eigenvalue weighted by Gasteiger charge is -2.24. The first-order chi connectivity index (χ1) is 8.99. The third-order valence-electron chi connectivity index (χ3n) is 3.69. The molecular weight excluding hydrogens is 278 g/mol. The van der Waals surface area contributed by atoms with E-state index in [4.69, 9.17) is 0 Å². The molecule has 0 bridgehead atoms. The van der Waals surface area contributed by atoms with Gasteiger partial charge in [0.15, 0.2) is 0 Å². The summed E-state index contributed by atoms with van der Waals surface area (Å²) in [6.45, 7) is 0. The molecule has 1 fully saturated rings. The fourth-order valence-corrected chi connectivity index (χ4v) is 3.97. The van der Waals surface area contributed by atoms with Gasteiger partial charge in [-0.1, -0.05) is 25.0 Å². The van der Waals surface area contributed by atoms with Crippen LogP contribution in [0.3, 0.4) is 0 Å². The summed E-state index contributed by atoms with van der Waals surface area (Å²) in [6.07, 6.45) is 7.91. The van der Waals surface area contributed by atoms with Crippen LogP contribution in [0.2, 0.25) is 0 Å². The van der Waals surface area contributed by atoms with E-state index in [-0.39, 0.29) is 6.04 Å². The summed E-state index contributed by atoms with van der Waals surface area (Å²) < 4.78 is 26.0. The van der Waals surface area contributed by atoms with E-state index in [1.165, 1.54) is 24.0 Å². The van der Waals surface area contributed by atoms with Crippen molar-refractivity contribution in [1.29, 1.82) is 0 Å². The van der Waals surface area contributed by atoms with Gasteiger partial charge < -0.3 is 0 Å². The maximum absolute atomic E-state index is 11.6.